The van der Waals surface area contributed by atoms with Crippen molar-refractivity contribution in [2.24, 2.45) is 4.99 Å². The minimum absolute atomic E-state index is 0. The summed E-state index contributed by atoms with van der Waals surface area (Å²) >= 11 is 6.07. The van der Waals surface area contributed by atoms with Gasteiger partial charge in [0.05, 0.1) is 0 Å². The number of benzene rings is 1. The molecular formula is C17H21ClFIN4. The maximum Gasteiger partial charge on any atom is 0.193 e. The molecule has 0 aliphatic carbocycles. The van der Waals surface area contributed by atoms with E-state index in [9.17, 15) is 4.39 Å². The summed E-state index contributed by atoms with van der Waals surface area (Å²) < 4.78 is 13.9. The highest BCUT2D eigenvalue weighted by molar-refractivity contribution is 14.0. The fourth-order valence-electron chi connectivity index (χ4n) is 2.25. The second-order valence-electron chi connectivity index (χ2n) is 5.14. The molecule has 0 amide bonds. The molecule has 0 aliphatic rings. The Morgan fingerprint density at radius 1 is 1.29 bits per heavy atom. The van der Waals surface area contributed by atoms with Gasteiger partial charge >= 0.3 is 0 Å². The summed E-state index contributed by atoms with van der Waals surface area (Å²) in [5.74, 6) is 0.384. The molecular weight excluding hydrogens is 442 g/mol. The second kappa shape index (κ2) is 10.5. The summed E-state index contributed by atoms with van der Waals surface area (Å²) in [7, 11) is 3.55. The van der Waals surface area contributed by atoms with Crippen LogP contribution in [0, 0.1) is 5.82 Å². The Balaban J connectivity index is 0.00000288. The van der Waals surface area contributed by atoms with Gasteiger partial charge < -0.3 is 10.2 Å². The minimum Gasteiger partial charge on any atom is -0.356 e. The van der Waals surface area contributed by atoms with Crippen LogP contribution in [0.4, 0.5) is 4.39 Å². The van der Waals surface area contributed by atoms with Gasteiger partial charge in [-0.3, -0.25) is 9.98 Å². The largest absolute Gasteiger partial charge is 0.356 e. The van der Waals surface area contributed by atoms with Gasteiger partial charge in [0.15, 0.2) is 5.96 Å². The van der Waals surface area contributed by atoms with Crippen molar-refractivity contribution in [3.8, 4) is 0 Å². The Morgan fingerprint density at radius 2 is 2.00 bits per heavy atom. The monoisotopic (exact) mass is 462 g/mol. The molecule has 0 saturated heterocycles. The van der Waals surface area contributed by atoms with E-state index in [1.54, 1.807) is 31.6 Å². The highest BCUT2D eigenvalue weighted by Gasteiger charge is 2.12. The number of rotatable bonds is 5. The number of nitrogens with one attached hydrogen (secondary N) is 1. The fraction of sp³-hybridized carbons (Fsp3) is 0.294. The molecule has 24 heavy (non-hydrogen) atoms. The average molecular weight is 463 g/mol. The molecule has 0 atom stereocenters. The Kier molecular flexibility index (Phi) is 8.99. The number of guanidine groups is 1. The smallest absolute Gasteiger partial charge is 0.193 e. The topological polar surface area (TPSA) is 40.5 Å². The van der Waals surface area contributed by atoms with Gasteiger partial charge in [-0.1, -0.05) is 17.7 Å². The van der Waals surface area contributed by atoms with Crippen molar-refractivity contribution in [1.82, 2.24) is 15.2 Å². The van der Waals surface area contributed by atoms with E-state index in [0.29, 0.717) is 23.1 Å². The van der Waals surface area contributed by atoms with Crippen molar-refractivity contribution in [3.63, 3.8) is 0 Å². The predicted octanol–water partition coefficient (Wildman–Crippen LogP) is 3.74. The maximum atomic E-state index is 13.9. The van der Waals surface area contributed by atoms with E-state index < -0.39 is 0 Å². The summed E-state index contributed by atoms with van der Waals surface area (Å²) in [4.78, 5) is 10.1. The Labute approximate surface area is 164 Å². The number of aromatic nitrogens is 1. The third-order valence-corrected chi connectivity index (χ3v) is 3.83. The Hall–Kier alpha value is -1.41. The molecule has 1 aromatic heterocycles. The minimum atomic E-state index is -0.309. The first-order valence-corrected chi connectivity index (χ1v) is 7.73. The van der Waals surface area contributed by atoms with E-state index >= 15 is 0 Å². The number of nitrogens with zero attached hydrogens (tertiary/aromatic N) is 3. The molecule has 1 aromatic carbocycles. The summed E-state index contributed by atoms with van der Waals surface area (Å²) in [6, 6.07) is 8.66. The van der Waals surface area contributed by atoms with Crippen LogP contribution < -0.4 is 5.32 Å². The zero-order chi connectivity index (χ0) is 16.7. The molecule has 4 nitrogen and oxygen atoms in total. The number of aliphatic imine (C=N–C) groups is 1. The number of hydrogen-bond acceptors (Lipinski definition) is 2. The number of hydrogen-bond donors (Lipinski definition) is 1. The SMILES string of the molecule is CN=C(NCCc1ccncc1)N(C)Cc1c(F)cccc1Cl.I. The van der Waals surface area contributed by atoms with Crippen molar-refractivity contribution in [3.05, 3.63) is 64.7 Å². The third kappa shape index (κ3) is 5.90. The molecule has 0 saturated carbocycles. The van der Waals surface area contributed by atoms with Crippen LogP contribution in [0.2, 0.25) is 5.02 Å². The van der Waals surface area contributed by atoms with Crippen LogP contribution in [0.25, 0.3) is 0 Å². The van der Waals surface area contributed by atoms with Gasteiger partial charge in [0.25, 0.3) is 0 Å². The van der Waals surface area contributed by atoms with Crippen molar-refractivity contribution >= 4 is 41.5 Å². The molecule has 130 valence electrons. The number of pyridine rings is 1. The number of halogens is 3. The van der Waals surface area contributed by atoms with Crippen LogP contribution in [0.1, 0.15) is 11.1 Å². The molecule has 0 bridgehead atoms. The molecule has 1 N–H and O–H groups in total. The Morgan fingerprint density at radius 3 is 2.62 bits per heavy atom. The van der Waals surface area contributed by atoms with Gasteiger partial charge in [-0.05, 0) is 36.2 Å². The van der Waals surface area contributed by atoms with Crippen molar-refractivity contribution in [1.29, 1.82) is 0 Å². The molecule has 7 heteroatoms. The van der Waals surface area contributed by atoms with E-state index in [1.807, 2.05) is 24.1 Å². The summed E-state index contributed by atoms with van der Waals surface area (Å²) in [6.07, 6.45) is 4.41. The molecule has 0 spiro atoms. The molecule has 0 radical (unpaired) electrons. The lowest BCUT2D eigenvalue weighted by atomic mass is 10.2. The van der Waals surface area contributed by atoms with Crippen LogP contribution in [-0.2, 0) is 13.0 Å². The van der Waals surface area contributed by atoms with Gasteiger partial charge in [0.2, 0.25) is 0 Å². The average Bonchev–Trinajstić information content (AvgIpc) is 2.56. The molecule has 0 fully saturated rings. The maximum absolute atomic E-state index is 13.9. The first-order chi connectivity index (χ1) is 11.1. The van der Waals surface area contributed by atoms with Crippen LogP contribution in [0.5, 0.6) is 0 Å². The van der Waals surface area contributed by atoms with Crippen molar-refractivity contribution < 1.29 is 4.39 Å². The van der Waals surface area contributed by atoms with E-state index in [2.05, 4.69) is 15.3 Å². The highest BCUT2D eigenvalue weighted by atomic mass is 127. The Bertz CT molecular complexity index is 647. The predicted molar refractivity (Wildman–Crippen MR) is 108 cm³/mol. The molecule has 1 heterocycles. The quantitative estimate of drug-likeness (QED) is 0.418. The van der Waals surface area contributed by atoms with E-state index in [-0.39, 0.29) is 29.8 Å². The normalized spacial score (nSPS) is 10.9. The summed E-state index contributed by atoms with van der Waals surface area (Å²) in [5.41, 5.74) is 1.66. The lowest BCUT2D eigenvalue weighted by Gasteiger charge is -2.23. The lowest BCUT2D eigenvalue weighted by molar-refractivity contribution is 0.461. The van der Waals surface area contributed by atoms with Crippen LogP contribution in [-0.4, -0.2) is 36.5 Å². The molecule has 2 aromatic rings. The van der Waals surface area contributed by atoms with Gasteiger partial charge in [-0.25, -0.2) is 4.39 Å². The molecule has 0 unspecified atom stereocenters. The zero-order valence-electron chi connectivity index (χ0n) is 13.7. The van der Waals surface area contributed by atoms with Gasteiger partial charge in [0.1, 0.15) is 5.82 Å². The van der Waals surface area contributed by atoms with Crippen LogP contribution in [0.3, 0.4) is 0 Å². The van der Waals surface area contributed by atoms with Crippen LogP contribution in [0.15, 0.2) is 47.7 Å². The van der Waals surface area contributed by atoms with Gasteiger partial charge in [0, 0.05) is 50.2 Å². The lowest BCUT2D eigenvalue weighted by Crippen LogP contribution is -2.39. The van der Waals surface area contributed by atoms with Crippen LogP contribution >= 0.6 is 35.6 Å². The van der Waals surface area contributed by atoms with Gasteiger partial charge in [-0.15, -0.1) is 24.0 Å². The zero-order valence-corrected chi connectivity index (χ0v) is 16.8. The fourth-order valence-corrected chi connectivity index (χ4v) is 2.47. The summed E-state index contributed by atoms with van der Waals surface area (Å²) in [5, 5.41) is 3.69. The first kappa shape index (κ1) is 20.6. The highest BCUT2D eigenvalue weighted by Crippen LogP contribution is 2.20. The van der Waals surface area contributed by atoms with E-state index in [4.69, 9.17) is 11.6 Å². The standard InChI is InChI=1S/C17H20ClFN4.HI/c1-20-17(22-11-8-13-6-9-21-10-7-13)23(2)12-14-15(18)4-3-5-16(14)19;/h3-7,9-10H,8,11-12H2,1-2H3,(H,20,22);1H. The van der Waals surface area contributed by atoms with E-state index in [0.717, 1.165) is 13.0 Å². The van der Waals surface area contributed by atoms with Crippen molar-refractivity contribution in [2.45, 2.75) is 13.0 Å². The molecule has 0 aliphatic heterocycles. The van der Waals surface area contributed by atoms with Gasteiger partial charge in [-0.2, -0.15) is 0 Å². The third-order valence-electron chi connectivity index (χ3n) is 3.48. The van der Waals surface area contributed by atoms with Crippen molar-refractivity contribution in [2.75, 3.05) is 20.6 Å². The molecule has 2 rings (SSSR count). The van der Waals surface area contributed by atoms with E-state index in [1.165, 1.54) is 11.6 Å². The first-order valence-electron chi connectivity index (χ1n) is 7.35. The second-order valence-corrected chi connectivity index (χ2v) is 5.54. The summed E-state index contributed by atoms with van der Waals surface area (Å²) in [6.45, 7) is 1.08.